The molecule has 3 N–H and O–H groups in total. The number of nitrogen functional groups attached to an aromatic ring is 1. The highest BCUT2D eigenvalue weighted by atomic mass is 35.5. The Labute approximate surface area is 213 Å². The van der Waals surface area contributed by atoms with E-state index in [9.17, 15) is 0 Å². The van der Waals surface area contributed by atoms with E-state index < -0.39 is 0 Å². The zero-order chi connectivity index (χ0) is 24.5. The highest BCUT2D eigenvalue weighted by molar-refractivity contribution is 6.30. The molecule has 182 valence electrons. The Kier molecular flexibility index (Phi) is 6.04. The van der Waals surface area contributed by atoms with Gasteiger partial charge in [0.2, 0.25) is 0 Å². The van der Waals surface area contributed by atoms with Crippen molar-refractivity contribution in [2.24, 2.45) is 0 Å². The predicted molar refractivity (Wildman–Crippen MR) is 141 cm³/mol. The van der Waals surface area contributed by atoms with Crippen LogP contribution in [0.25, 0.3) is 21.9 Å². The molecule has 8 nitrogen and oxygen atoms in total. The monoisotopic (exact) mass is 500 g/mol. The first-order valence-electron chi connectivity index (χ1n) is 11.9. The van der Waals surface area contributed by atoms with Gasteiger partial charge in [-0.25, -0.2) is 15.0 Å². The number of fused-ring (bicyclic) bond motifs is 2. The Balaban J connectivity index is 1.09. The molecule has 2 aromatic carbocycles. The number of anilines is 2. The van der Waals surface area contributed by atoms with E-state index in [1.54, 1.807) is 0 Å². The van der Waals surface area contributed by atoms with Crippen LogP contribution in [0.3, 0.4) is 0 Å². The zero-order valence-corrected chi connectivity index (χ0v) is 20.2. The lowest BCUT2D eigenvalue weighted by molar-refractivity contribution is -0.0156. The van der Waals surface area contributed by atoms with E-state index in [0.717, 1.165) is 56.9 Å². The number of pyridine rings is 1. The van der Waals surface area contributed by atoms with Gasteiger partial charge in [-0.2, -0.15) is 0 Å². The number of benzene rings is 2. The van der Waals surface area contributed by atoms with Gasteiger partial charge in [0.15, 0.2) is 0 Å². The quantitative estimate of drug-likeness (QED) is 0.300. The fourth-order valence-electron chi connectivity index (χ4n) is 4.51. The summed E-state index contributed by atoms with van der Waals surface area (Å²) in [4.78, 5) is 13.2. The molecule has 3 aromatic heterocycles. The maximum atomic E-state index is 6.27. The SMILES string of the molecule is Nc1ncnc2c1ccn2[C@H]1CC[C@@H](COc2ccc3ccc(NCc4ccc(Cl)cc4)nc3c2)O1. The smallest absolute Gasteiger partial charge is 0.147 e. The van der Waals surface area contributed by atoms with Crippen molar-refractivity contribution in [2.75, 3.05) is 17.7 Å². The minimum atomic E-state index is -0.0991. The van der Waals surface area contributed by atoms with E-state index in [2.05, 4.69) is 21.4 Å². The molecule has 0 spiro atoms. The lowest BCUT2D eigenvalue weighted by atomic mass is 10.2. The second kappa shape index (κ2) is 9.64. The summed E-state index contributed by atoms with van der Waals surface area (Å²) in [6.07, 6.45) is 5.10. The molecule has 1 fully saturated rings. The van der Waals surface area contributed by atoms with E-state index in [1.165, 1.54) is 6.33 Å². The first-order valence-corrected chi connectivity index (χ1v) is 12.2. The van der Waals surface area contributed by atoms with Gasteiger partial charge in [0, 0.05) is 29.2 Å². The molecule has 0 radical (unpaired) electrons. The Morgan fingerprint density at radius 2 is 1.92 bits per heavy atom. The number of ether oxygens (including phenoxy) is 2. The maximum Gasteiger partial charge on any atom is 0.147 e. The number of nitrogens with two attached hydrogens (primary N) is 1. The van der Waals surface area contributed by atoms with Gasteiger partial charge in [0.05, 0.1) is 17.0 Å². The third-order valence-electron chi connectivity index (χ3n) is 6.42. The number of nitrogens with zero attached hydrogens (tertiary/aromatic N) is 4. The maximum absolute atomic E-state index is 6.27. The largest absolute Gasteiger partial charge is 0.491 e. The molecule has 36 heavy (non-hydrogen) atoms. The summed E-state index contributed by atoms with van der Waals surface area (Å²) >= 11 is 5.97. The summed E-state index contributed by atoms with van der Waals surface area (Å²) < 4.78 is 14.4. The summed E-state index contributed by atoms with van der Waals surface area (Å²) in [7, 11) is 0. The molecule has 9 heteroatoms. The van der Waals surface area contributed by atoms with E-state index in [4.69, 9.17) is 31.8 Å². The van der Waals surface area contributed by atoms with Gasteiger partial charge in [0.25, 0.3) is 0 Å². The van der Waals surface area contributed by atoms with Crippen molar-refractivity contribution < 1.29 is 9.47 Å². The number of hydrogen-bond acceptors (Lipinski definition) is 7. The van der Waals surface area contributed by atoms with Crippen LogP contribution >= 0.6 is 11.6 Å². The number of aromatic nitrogens is 4. The number of hydrogen-bond donors (Lipinski definition) is 2. The summed E-state index contributed by atoms with van der Waals surface area (Å²) in [5.41, 5.74) is 8.76. The molecular formula is C27H25ClN6O2. The molecule has 0 saturated carbocycles. The Bertz CT molecular complexity index is 1520. The summed E-state index contributed by atoms with van der Waals surface area (Å²) in [5.74, 6) is 2.05. The van der Waals surface area contributed by atoms with E-state index in [0.29, 0.717) is 19.0 Å². The number of halogens is 1. The van der Waals surface area contributed by atoms with Crippen LogP contribution in [0.1, 0.15) is 24.6 Å². The first-order chi connectivity index (χ1) is 17.6. The fraction of sp³-hybridized carbons (Fsp3) is 0.222. The molecule has 2 atom stereocenters. The molecule has 1 aliphatic rings. The van der Waals surface area contributed by atoms with Crippen LogP contribution in [-0.2, 0) is 11.3 Å². The molecule has 0 bridgehead atoms. The van der Waals surface area contributed by atoms with E-state index in [-0.39, 0.29) is 12.3 Å². The van der Waals surface area contributed by atoms with E-state index >= 15 is 0 Å². The van der Waals surface area contributed by atoms with Crippen LogP contribution in [0, 0.1) is 0 Å². The number of rotatable bonds is 7. The van der Waals surface area contributed by atoms with Crippen molar-refractivity contribution in [1.29, 1.82) is 0 Å². The molecule has 0 amide bonds. The Morgan fingerprint density at radius 3 is 2.81 bits per heavy atom. The van der Waals surface area contributed by atoms with Gasteiger partial charge in [-0.05, 0) is 60.9 Å². The Hall–Kier alpha value is -3.88. The van der Waals surface area contributed by atoms with Crippen LogP contribution in [0.15, 0.2) is 73.2 Å². The van der Waals surface area contributed by atoms with E-state index in [1.807, 2.05) is 65.4 Å². The molecule has 0 aliphatic carbocycles. The van der Waals surface area contributed by atoms with Crippen LogP contribution in [0.5, 0.6) is 5.75 Å². The van der Waals surface area contributed by atoms with Crippen molar-refractivity contribution in [3.05, 3.63) is 83.8 Å². The molecule has 6 rings (SSSR count). The van der Waals surface area contributed by atoms with Crippen molar-refractivity contribution in [2.45, 2.75) is 31.7 Å². The van der Waals surface area contributed by atoms with Crippen LogP contribution in [-0.4, -0.2) is 32.2 Å². The second-order valence-electron chi connectivity index (χ2n) is 8.85. The lowest BCUT2D eigenvalue weighted by Crippen LogP contribution is -2.18. The molecule has 1 saturated heterocycles. The molecular weight excluding hydrogens is 476 g/mol. The second-order valence-corrected chi connectivity index (χ2v) is 9.29. The summed E-state index contributed by atoms with van der Waals surface area (Å²) in [5, 5.41) is 5.99. The number of nitrogens with one attached hydrogen (secondary N) is 1. The minimum absolute atomic E-state index is 0.0114. The van der Waals surface area contributed by atoms with Crippen molar-refractivity contribution >= 4 is 45.2 Å². The van der Waals surface area contributed by atoms with Gasteiger partial charge in [-0.15, -0.1) is 0 Å². The van der Waals surface area contributed by atoms with Crippen molar-refractivity contribution in [3.8, 4) is 5.75 Å². The standard InChI is InChI=1S/C27H25ClN6O2/c28-19-5-1-17(2-6-19)14-30-24-9-4-18-3-7-20(13-23(18)33-24)35-15-21-8-10-25(36-21)34-12-11-22-26(29)31-16-32-27(22)34/h1-7,9,11-13,16,21,25H,8,10,14-15H2,(H,30,33)(H2,29,31,32)/t21-,25+/m0/s1. The highest BCUT2D eigenvalue weighted by Gasteiger charge is 2.28. The van der Waals surface area contributed by atoms with Gasteiger partial charge >= 0.3 is 0 Å². The minimum Gasteiger partial charge on any atom is -0.491 e. The average Bonchev–Trinajstić information content (AvgIpc) is 3.55. The summed E-state index contributed by atoms with van der Waals surface area (Å²) in [6, 6.07) is 19.7. The lowest BCUT2D eigenvalue weighted by Gasteiger charge is -2.16. The summed E-state index contributed by atoms with van der Waals surface area (Å²) in [6.45, 7) is 1.13. The molecule has 0 unspecified atom stereocenters. The average molecular weight is 501 g/mol. The fourth-order valence-corrected chi connectivity index (χ4v) is 4.63. The Morgan fingerprint density at radius 1 is 1.06 bits per heavy atom. The van der Waals surface area contributed by atoms with Crippen LogP contribution in [0.2, 0.25) is 5.02 Å². The van der Waals surface area contributed by atoms with Crippen LogP contribution < -0.4 is 15.8 Å². The molecule has 5 aromatic rings. The highest BCUT2D eigenvalue weighted by Crippen LogP contribution is 2.32. The van der Waals surface area contributed by atoms with Gasteiger partial charge in [0.1, 0.15) is 42.2 Å². The third kappa shape index (κ3) is 4.65. The van der Waals surface area contributed by atoms with Gasteiger partial charge in [-0.1, -0.05) is 23.7 Å². The first kappa shape index (κ1) is 22.6. The topological polar surface area (TPSA) is 100 Å². The van der Waals surface area contributed by atoms with Crippen molar-refractivity contribution in [1.82, 2.24) is 19.5 Å². The van der Waals surface area contributed by atoms with Gasteiger partial charge in [-0.3, -0.25) is 0 Å². The van der Waals surface area contributed by atoms with Crippen molar-refractivity contribution in [3.63, 3.8) is 0 Å². The molecule has 4 heterocycles. The molecule has 1 aliphatic heterocycles. The third-order valence-corrected chi connectivity index (χ3v) is 6.67. The van der Waals surface area contributed by atoms with Crippen LogP contribution in [0.4, 0.5) is 11.6 Å². The van der Waals surface area contributed by atoms with Gasteiger partial charge < -0.3 is 25.1 Å². The normalized spacial score (nSPS) is 17.6. The zero-order valence-electron chi connectivity index (χ0n) is 19.5. The predicted octanol–water partition coefficient (Wildman–Crippen LogP) is 5.58.